The normalized spacial score (nSPS) is 26.7. The van der Waals surface area contributed by atoms with Crippen molar-refractivity contribution in [2.45, 2.75) is 69.2 Å². The van der Waals surface area contributed by atoms with E-state index in [1.807, 2.05) is 12.1 Å². The number of likely N-dealkylation sites (tertiary alicyclic amines) is 1. The van der Waals surface area contributed by atoms with Crippen molar-refractivity contribution in [3.05, 3.63) is 35.4 Å². The maximum atomic E-state index is 13.1. The van der Waals surface area contributed by atoms with Crippen molar-refractivity contribution >= 4 is 5.91 Å². The summed E-state index contributed by atoms with van der Waals surface area (Å²) in [6.07, 6.45) is 11.0. The van der Waals surface area contributed by atoms with Crippen LogP contribution in [0.1, 0.15) is 79.6 Å². The van der Waals surface area contributed by atoms with Crippen molar-refractivity contribution < 1.29 is 9.53 Å². The average Bonchev–Trinajstić information content (AvgIpc) is 3.05. The summed E-state index contributed by atoms with van der Waals surface area (Å²) in [6.45, 7) is 2.66. The maximum Gasteiger partial charge on any atom is 0.254 e. The van der Waals surface area contributed by atoms with Crippen LogP contribution in [0, 0.1) is 0 Å². The number of ether oxygens (including phenoxy) is 1. The highest BCUT2D eigenvalue weighted by atomic mass is 16.5. The Morgan fingerprint density at radius 1 is 1.00 bits per heavy atom. The van der Waals surface area contributed by atoms with Crippen molar-refractivity contribution in [3.63, 3.8) is 0 Å². The fraction of sp³-hybridized carbons (Fsp3) is 0.667. The van der Waals surface area contributed by atoms with Crippen molar-refractivity contribution in [1.29, 1.82) is 0 Å². The molecule has 0 N–H and O–H groups in total. The molecule has 1 atom stereocenters. The number of carbonyl (C=O) groups is 1. The minimum atomic E-state index is 0.172. The van der Waals surface area contributed by atoms with Gasteiger partial charge in [0.25, 0.3) is 5.91 Å². The van der Waals surface area contributed by atoms with E-state index in [4.69, 9.17) is 4.74 Å². The first-order chi connectivity index (χ1) is 11.8. The Morgan fingerprint density at radius 2 is 1.75 bits per heavy atom. The highest BCUT2D eigenvalue weighted by molar-refractivity contribution is 5.95. The quantitative estimate of drug-likeness (QED) is 0.799. The van der Waals surface area contributed by atoms with Crippen LogP contribution in [0.5, 0.6) is 0 Å². The second-order valence-corrected chi connectivity index (χ2v) is 7.88. The number of hydrogen-bond acceptors (Lipinski definition) is 2. The third-order valence-corrected chi connectivity index (χ3v) is 6.42. The predicted molar refractivity (Wildman–Crippen MR) is 95.3 cm³/mol. The van der Waals surface area contributed by atoms with Crippen LogP contribution in [0.3, 0.4) is 0 Å². The second-order valence-electron chi connectivity index (χ2n) is 7.88. The molecule has 130 valence electrons. The molecule has 4 rings (SSSR count). The molecule has 1 amide bonds. The Kier molecular flexibility index (Phi) is 4.62. The Balaban J connectivity index is 1.49. The molecule has 1 spiro atoms. The van der Waals surface area contributed by atoms with Gasteiger partial charge in [-0.3, -0.25) is 4.79 Å². The summed E-state index contributed by atoms with van der Waals surface area (Å²) in [6, 6.07) is 8.38. The van der Waals surface area contributed by atoms with Crippen LogP contribution in [-0.4, -0.2) is 36.1 Å². The van der Waals surface area contributed by atoms with Gasteiger partial charge in [-0.05, 0) is 56.2 Å². The van der Waals surface area contributed by atoms with Gasteiger partial charge in [-0.15, -0.1) is 0 Å². The smallest absolute Gasteiger partial charge is 0.254 e. The van der Waals surface area contributed by atoms with Crippen molar-refractivity contribution in [2.24, 2.45) is 0 Å². The van der Waals surface area contributed by atoms with Crippen molar-refractivity contribution in [1.82, 2.24) is 4.90 Å². The molecule has 1 aliphatic carbocycles. The van der Waals surface area contributed by atoms with Crippen LogP contribution in [0.25, 0.3) is 0 Å². The number of benzene rings is 1. The zero-order chi connectivity index (χ0) is 16.4. The first-order valence-corrected chi connectivity index (χ1v) is 9.78. The number of rotatable bonds is 2. The highest BCUT2D eigenvalue weighted by Crippen LogP contribution is 2.42. The molecule has 3 nitrogen and oxygen atoms in total. The van der Waals surface area contributed by atoms with E-state index in [9.17, 15) is 4.79 Å². The summed E-state index contributed by atoms with van der Waals surface area (Å²) in [5, 5.41) is 0. The predicted octanol–water partition coefficient (Wildman–Crippen LogP) is 4.52. The maximum absolute atomic E-state index is 13.1. The number of carbonyl (C=O) groups excluding carboxylic acids is 1. The van der Waals surface area contributed by atoms with Crippen LogP contribution in [0.4, 0.5) is 0 Å². The SMILES string of the molecule is O=C(c1ccc(C2CCCOC2)cc1)N1CCCC12CCCCC2. The van der Waals surface area contributed by atoms with E-state index < -0.39 is 0 Å². The molecular weight excluding hydrogens is 298 g/mol. The first kappa shape index (κ1) is 16.1. The molecule has 0 radical (unpaired) electrons. The first-order valence-electron chi connectivity index (χ1n) is 9.78. The van der Waals surface area contributed by atoms with E-state index in [0.29, 0.717) is 5.92 Å². The molecule has 2 saturated heterocycles. The van der Waals surface area contributed by atoms with Gasteiger partial charge in [-0.1, -0.05) is 31.4 Å². The molecule has 1 unspecified atom stereocenters. The number of nitrogens with zero attached hydrogens (tertiary/aromatic N) is 1. The van der Waals surface area contributed by atoms with Crippen LogP contribution < -0.4 is 0 Å². The Hall–Kier alpha value is -1.35. The summed E-state index contributed by atoms with van der Waals surface area (Å²) in [5.41, 5.74) is 2.35. The fourth-order valence-electron chi connectivity index (χ4n) is 5.04. The summed E-state index contributed by atoms with van der Waals surface area (Å²) in [5.74, 6) is 0.750. The highest BCUT2D eigenvalue weighted by Gasteiger charge is 2.44. The van der Waals surface area contributed by atoms with Crippen LogP contribution in [0.15, 0.2) is 24.3 Å². The van der Waals surface area contributed by atoms with Crippen LogP contribution in [0.2, 0.25) is 0 Å². The second kappa shape index (κ2) is 6.87. The lowest BCUT2D eigenvalue weighted by Gasteiger charge is -2.41. The van der Waals surface area contributed by atoms with Gasteiger partial charge in [0.05, 0.1) is 6.61 Å². The van der Waals surface area contributed by atoms with Gasteiger partial charge in [0, 0.05) is 30.2 Å². The Bertz CT molecular complexity index is 568. The van der Waals surface area contributed by atoms with Gasteiger partial charge in [0.15, 0.2) is 0 Å². The molecule has 2 heterocycles. The van der Waals surface area contributed by atoms with Crippen LogP contribution in [-0.2, 0) is 4.74 Å². The van der Waals surface area contributed by atoms with E-state index in [-0.39, 0.29) is 11.4 Å². The van der Waals surface area contributed by atoms with Crippen molar-refractivity contribution in [3.8, 4) is 0 Å². The zero-order valence-electron chi connectivity index (χ0n) is 14.6. The third kappa shape index (κ3) is 2.99. The summed E-state index contributed by atoms with van der Waals surface area (Å²) in [7, 11) is 0. The molecule has 3 aliphatic rings. The molecule has 1 saturated carbocycles. The Morgan fingerprint density at radius 3 is 2.46 bits per heavy atom. The molecule has 0 aromatic heterocycles. The van der Waals surface area contributed by atoms with Gasteiger partial charge in [0.2, 0.25) is 0 Å². The van der Waals surface area contributed by atoms with Crippen molar-refractivity contribution in [2.75, 3.05) is 19.8 Å². The van der Waals surface area contributed by atoms with Gasteiger partial charge in [-0.2, -0.15) is 0 Å². The summed E-state index contributed by atoms with van der Waals surface area (Å²) >= 11 is 0. The third-order valence-electron chi connectivity index (χ3n) is 6.42. The molecule has 1 aromatic rings. The fourth-order valence-corrected chi connectivity index (χ4v) is 5.04. The van der Waals surface area contributed by atoms with E-state index in [1.165, 1.54) is 56.9 Å². The number of amides is 1. The zero-order valence-corrected chi connectivity index (χ0v) is 14.6. The minimum Gasteiger partial charge on any atom is -0.381 e. The monoisotopic (exact) mass is 327 g/mol. The molecule has 3 heteroatoms. The largest absolute Gasteiger partial charge is 0.381 e. The molecule has 24 heavy (non-hydrogen) atoms. The minimum absolute atomic E-state index is 0.172. The van der Waals surface area contributed by atoms with Crippen LogP contribution >= 0.6 is 0 Å². The lowest BCUT2D eigenvalue weighted by molar-refractivity contribution is 0.0500. The molecule has 0 bridgehead atoms. The Labute approximate surface area is 145 Å². The summed E-state index contributed by atoms with van der Waals surface area (Å²) in [4.78, 5) is 15.3. The molecule has 1 aromatic carbocycles. The lowest BCUT2D eigenvalue weighted by Crippen LogP contribution is -2.48. The van der Waals surface area contributed by atoms with Gasteiger partial charge >= 0.3 is 0 Å². The summed E-state index contributed by atoms with van der Waals surface area (Å²) < 4.78 is 5.60. The van der Waals surface area contributed by atoms with Gasteiger partial charge in [-0.25, -0.2) is 0 Å². The molecule has 3 fully saturated rings. The van der Waals surface area contributed by atoms with E-state index >= 15 is 0 Å². The standard InChI is InChI=1S/C21H29NO2/c23-20(22-14-5-13-21(22)11-2-1-3-12-21)18-9-7-17(8-10-18)19-6-4-15-24-16-19/h7-10,19H,1-6,11-16H2. The van der Waals surface area contributed by atoms with E-state index in [0.717, 1.165) is 31.7 Å². The molecular formula is C21H29NO2. The van der Waals surface area contributed by atoms with Gasteiger partial charge in [0.1, 0.15) is 0 Å². The lowest BCUT2D eigenvalue weighted by atomic mass is 9.79. The number of hydrogen-bond donors (Lipinski definition) is 0. The van der Waals surface area contributed by atoms with E-state index in [2.05, 4.69) is 17.0 Å². The molecule has 2 aliphatic heterocycles. The van der Waals surface area contributed by atoms with Gasteiger partial charge < -0.3 is 9.64 Å². The van der Waals surface area contributed by atoms with E-state index in [1.54, 1.807) is 0 Å². The topological polar surface area (TPSA) is 29.5 Å². The average molecular weight is 327 g/mol.